The van der Waals surface area contributed by atoms with Crippen LogP contribution in [0.1, 0.15) is 19.4 Å². The molecule has 21 heavy (non-hydrogen) atoms. The standard InChI is InChI=1S/C14H21ClN2O3S/c1-10(2)9-21(19,20)8-7-16-14(18)17-13-11(3)5-4-6-12(13)15/h4-6,10H,7-9H2,1-3H3,(H2,16,17,18). The first-order chi connectivity index (χ1) is 9.71. The van der Waals surface area contributed by atoms with Crippen molar-refractivity contribution in [1.82, 2.24) is 5.32 Å². The number of amides is 2. The number of sulfone groups is 1. The summed E-state index contributed by atoms with van der Waals surface area (Å²) in [5.41, 5.74) is 1.37. The summed E-state index contributed by atoms with van der Waals surface area (Å²) in [6.45, 7) is 5.59. The molecule has 0 fully saturated rings. The van der Waals surface area contributed by atoms with E-state index < -0.39 is 15.9 Å². The van der Waals surface area contributed by atoms with E-state index in [9.17, 15) is 13.2 Å². The van der Waals surface area contributed by atoms with E-state index in [2.05, 4.69) is 10.6 Å². The zero-order valence-corrected chi connectivity index (χ0v) is 14.0. The maximum absolute atomic E-state index is 11.7. The number of carbonyl (C=O) groups is 1. The molecule has 0 saturated heterocycles. The van der Waals surface area contributed by atoms with Gasteiger partial charge in [-0.25, -0.2) is 13.2 Å². The van der Waals surface area contributed by atoms with Crippen molar-refractivity contribution in [3.05, 3.63) is 28.8 Å². The lowest BCUT2D eigenvalue weighted by Crippen LogP contribution is -2.34. The summed E-state index contributed by atoms with van der Waals surface area (Å²) in [7, 11) is -3.13. The van der Waals surface area contributed by atoms with Crippen molar-refractivity contribution in [2.24, 2.45) is 5.92 Å². The Labute approximate surface area is 131 Å². The van der Waals surface area contributed by atoms with Gasteiger partial charge in [0.1, 0.15) is 0 Å². The molecular formula is C14H21ClN2O3S. The first-order valence-corrected chi connectivity index (χ1v) is 8.91. The van der Waals surface area contributed by atoms with Gasteiger partial charge in [0.25, 0.3) is 0 Å². The fraction of sp³-hybridized carbons (Fsp3) is 0.500. The predicted molar refractivity (Wildman–Crippen MR) is 86.7 cm³/mol. The number of urea groups is 1. The Morgan fingerprint density at radius 3 is 2.57 bits per heavy atom. The monoisotopic (exact) mass is 332 g/mol. The Morgan fingerprint density at radius 1 is 1.33 bits per heavy atom. The average Bonchev–Trinajstić information content (AvgIpc) is 2.32. The molecule has 2 amide bonds. The maximum atomic E-state index is 11.7. The molecule has 0 aliphatic heterocycles. The molecule has 0 unspecified atom stereocenters. The van der Waals surface area contributed by atoms with E-state index in [4.69, 9.17) is 11.6 Å². The molecule has 0 spiro atoms. The average molecular weight is 333 g/mol. The van der Waals surface area contributed by atoms with E-state index in [0.717, 1.165) is 5.56 Å². The summed E-state index contributed by atoms with van der Waals surface area (Å²) in [5, 5.41) is 5.60. The van der Waals surface area contributed by atoms with E-state index in [0.29, 0.717) is 10.7 Å². The summed E-state index contributed by atoms with van der Waals surface area (Å²) in [4.78, 5) is 11.7. The molecule has 1 aromatic rings. The quantitative estimate of drug-likeness (QED) is 0.841. The van der Waals surface area contributed by atoms with Gasteiger partial charge in [-0.1, -0.05) is 37.6 Å². The minimum absolute atomic E-state index is 0.0693. The highest BCUT2D eigenvalue weighted by atomic mass is 35.5. The van der Waals surface area contributed by atoms with Crippen molar-refractivity contribution in [3.63, 3.8) is 0 Å². The molecule has 0 saturated carbocycles. The first-order valence-electron chi connectivity index (χ1n) is 6.71. The molecule has 1 aromatic carbocycles. The van der Waals surface area contributed by atoms with E-state index in [1.807, 2.05) is 26.8 Å². The molecule has 0 aliphatic rings. The van der Waals surface area contributed by atoms with E-state index in [1.54, 1.807) is 12.1 Å². The third kappa shape index (κ3) is 6.35. The van der Waals surface area contributed by atoms with Crippen molar-refractivity contribution < 1.29 is 13.2 Å². The SMILES string of the molecule is Cc1cccc(Cl)c1NC(=O)NCCS(=O)(=O)CC(C)C. The molecule has 118 valence electrons. The lowest BCUT2D eigenvalue weighted by Gasteiger charge is -2.12. The van der Waals surface area contributed by atoms with Gasteiger partial charge in [0.05, 0.1) is 22.2 Å². The van der Waals surface area contributed by atoms with Crippen LogP contribution in [0.2, 0.25) is 5.02 Å². The van der Waals surface area contributed by atoms with Crippen LogP contribution < -0.4 is 10.6 Å². The van der Waals surface area contributed by atoms with Crippen LogP contribution in [0.15, 0.2) is 18.2 Å². The number of nitrogens with one attached hydrogen (secondary N) is 2. The predicted octanol–water partition coefficient (Wildman–Crippen LogP) is 2.84. The van der Waals surface area contributed by atoms with Gasteiger partial charge in [0, 0.05) is 6.54 Å². The molecule has 0 bridgehead atoms. The molecule has 2 N–H and O–H groups in total. The van der Waals surface area contributed by atoms with Gasteiger partial charge in [0.15, 0.2) is 9.84 Å². The number of hydrogen-bond acceptors (Lipinski definition) is 3. The summed E-state index contributed by atoms with van der Waals surface area (Å²) in [6.07, 6.45) is 0. The van der Waals surface area contributed by atoms with E-state index >= 15 is 0 Å². The largest absolute Gasteiger partial charge is 0.337 e. The van der Waals surface area contributed by atoms with Crippen LogP contribution >= 0.6 is 11.6 Å². The van der Waals surface area contributed by atoms with Crippen molar-refractivity contribution in [1.29, 1.82) is 0 Å². The number of halogens is 1. The van der Waals surface area contributed by atoms with E-state index in [-0.39, 0.29) is 24.0 Å². The van der Waals surface area contributed by atoms with E-state index in [1.165, 1.54) is 0 Å². The second-order valence-electron chi connectivity index (χ2n) is 5.32. The van der Waals surface area contributed by atoms with Gasteiger partial charge in [-0.3, -0.25) is 0 Å². The Bertz CT molecular complexity index is 580. The zero-order valence-electron chi connectivity index (χ0n) is 12.4. The smallest absolute Gasteiger partial charge is 0.319 e. The lowest BCUT2D eigenvalue weighted by atomic mass is 10.2. The normalized spacial score (nSPS) is 11.5. The third-order valence-corrected chi connectivity index (χ3v) is 5.06. The highest BCUT2D eigenvalue weighted by Crippen LogP contribution is 2.24. The number of rotatable bonds is 6. The highest BCUT2D eigenvalue weighted by Gasteiger charge is 2.14. The number of carbonyl (C=O) groups excluding carboxylic acids is 1. The van der Waals surface area contributed by atoms with Crippen LogP contribution in [-0.4, -0.2) is 32.5 Å². The molecular weight excluding hydrogens is 312 g/mol. The fourth-order valence-corrected chi connectivity index (χ4v) is 3.72. The fourth-order valence-electron chi connectivity index (χ4n) is 1.86. The number of hydrogen-bond donors (Lipinski definition) is 2. The van der Waals surface area contributed by atoms with Gasteiger partial charge in [-0.05, 0) is 24.5 Å². The second-order valence-corrected chi connectivity index (χ2v) is 7.96. The van der Waals surface area contributed by atoms with Crippen molar-refractivity contribution >= 4 is 33.2 Å². The second kappa shape index (κ2) is 7.66. The third-order valence-electron chi connectivity index (χ3n) is 2.75. The summed E-state index contributed by atoms with van der Waals surface area (Å²) in [5.74, 6) is 0.134. The lowest BCUT2D eigenvalue weighted by molar-refractivity contribution is 0.252. The highest BCUT2D eigenvalue weighted by molar-refractivity contribution is 7.91. The molecule has 5 nitrogen and oxygen atoms in total. The molecule has 0 aromatic heterocycles. The van der Waals surface area contributed by atoms with Crippen LogP contribution in [0, 0.1) is 12.8 Å². The van der Waals surface area contributed by atoms with Gasteiger partial charge in [-0.2, -0.15) is 0 Å². The number of anilines is 1. The van der Waals surface area contributed by atoms with Crippen LogP contribution in [0.5, 0.6) is 0 Å². The maximum Gasteiger partial charge on any atom is 0.319 e. The Hall–Kier alpha value is -1.27. The zero-order chi connectivity index (χ0) is 16.0. The van der Waals surface area contributed by atoms with Crippen LogP contribution in [0.3, 0.4) is 0 Å². The number of aryl methyl sites for hydroxylation is 1. The van der Waals surface area contributed by atoms with Crippen molar-refractivity contribution in [2.75, 3.05) is 23.4 Å². The minimum atomic E-state index is -3.13. The van der Waals surface area contributed by atoms with Crippen molar-refractivity contribution in [3.8, 4) is 0 Å². The van der Waals surface area contributed by atoms with Gasteiger partial charge >= 0.3 is 6.03 Å². The van der Waals surface area contributed by atoms with Crippen LogP contribution in [0.4, 0.5) is 10.5 Å². The number of para-hydroxylation sites is 1. The summed E-state index contributed by atoms with van der Waals surface area (Å²) in [6, 6.07) is 4.83. The minimum Gasteiger partial charge on any atom is -0.337 e. The van der Waals surface area contributed by atoms with Gasteiger partial charge in [0.2, 0.25) is 0 Å². The molecule has 0 atom stereocenters. The molecule has 1 rings (SSSR count). The number of benzene rings is 1. The molecule has 0 aliphatic carbocycles. The Balaban J connectivity index is 2.49. The molecule has 7 heteroatoms. The molecule has 0 heterocycles. The topological polar surface area (TPSA) is 75.3 Å². The van der Waals surface area contributed by atoms with Gasteiger partial charge in [-0.15, -0.1) is 0 Å². The summed E-state index contributed by atoms with van der Waals surface area (Å²) < 4.78 is 23.4. The van der Waals surface area contributed by atoms with Crippen LogP contribution in [-0.2, 0) is 9.84 Å². The molecule has 0 radical (unpaired) electrons. The Morgan fingerprint density at radius 2 is 2.00 bits per heavy atom. The summed E-state index contributed by atoms with van der Waals surface area (Å²) >= 11 is 6.00. The first kappa shape index (κ1) is 17.8. The van der Waals surface area contributed by atoms with Crippen LogP contribution in [0.25, 0.3) is 0 Å². The van der Waals surface area contributed by atoms with Gasteiger partial charge < -0.3 is 10.6 Å². The Kier molecular flexibility index (Phi) is 6.48. The van der Waals surface area contributed by atoms with Crippen molar-refractivity contribution in [2.45, 2.75) is 20.8 Å².